The second-order valence-electron chi connectivity index (χ2n) is 7.37. The highest BCUT2D eigenvalue weighted by atomic mass is 127. The number of nitrogens with zero attached hydrogens (tertiary/aromatic N) is 4. The van der Waals surface area contributed by atoms with Gasteiger partial charge in [-0.3, -0.25) is 4.99 Å². The molecule has 1 aliphatic heterocycles. The summed E-state index contributed by atoms with van der Waals surface area (Å²) in [6.07, 6.45) is 7.00. The predicted octanol–water partition coefficient (Wildman–Crippen LogP) is 4.31. The normalized spacial score (nSPS) is 20.1. The lowest BCUT2D eigenvalue weighted by molar-refractivity contribution is 0.189. The van der Waals surface area contributed by atoms with Gasteiger partial charge in [-0.05, 0) is 34.7 Å². The number of likely N-dealkylation sites (tertiary alicyclic amines) is 1. The maximum Gasteiger partial charge on any atom is 0.193 e. The first-order chi connectivity index (χ1) is 13.2. The van der Waals surface area contributed by atoms with Crippen LogP contribution in [-0.2, 0) is 6.54 Å². The van der Waals surface area contributed by atoms with Crippen LogP contribution in [0.4, 0.5) is 0 Å². The van der Waals surface area contributed by atoms with Gasteiger partial charge in [0.25, 0.3) is 0 Å². The molecular formula is C22H28IN5. The van der Waals surface area contributed by atoms with Crippen LogP contribution in [0.3, 0.4) is 0 Å². The number of hydrogen-bond donors (Lipinski definition) is 1. The van der Waals surface area contributed by atoms with Crippen molar-refractivity contribution in [3.05, 3.63) is 66.7 Å². The van der Waals surface area contributed by atoms with Crippen molar-refractivity contribution >= 4 is 40.7 Å². The van der Waals surface area contributed by atoms with Gasteiger partial charge in [0.1, 0.15) is 0 Å². The average Bonchev–Trinajstić information content (AvgIpc) is 3.24. The molecule has 0 radical (unpaired) electrons. The second-order valence-corrected chi connectivity index (χ2v) is 7.37. The number of guanidine groups is 1. The molecule has 0 saturated carbocycles. The summed E-state index contributed by atoms with van der Waals surface area (Å²) in [5, 5.41) is 6.11. The highest BCUT2D eigenvalue weighted by Crippen LogP contribution is 2.27. The summed E-state index contributed by atoms with van der Waals surface area (Å²) >= 11 is 0. The summed E-state index contributed by atoms with van der Waals surface area (Å²) in [7, 11) is 1.87. The topological polar surface area (TPSA) is 45.5 Å². The molecule has 5 nitrogen and oxygen atoms in total. The third-order valence-corrected chi connectivity index (χ3v) is 5.60. The Bertz CT molecular complexity index is 922. The number of benzene rings is 2. The molecule has 28 heavy (non-hydrogen) atoms. The molecule has 1 saturated heterocycles. The minimum Gasteiger partial charge on any atom is -0.352 e. The zero-order valence-corrected chi connectivity index (χ0v) is 18.8. The molecule has 1 N–H and O–H groups in total. The van der Waals surface area contributed by atoms with Crippen molar-refractivity contribution in [2.45, 2.75) is 25.9 Å². The molecule has 2 unspecified atom stereocenters. The maximum atomic E-state index is 4.54. The molecule has 3 aromatic rings. The van der Waals surface area contributed by atoms with Crippen LogP contribution < -0.4 is 5.32 Å². The highest BCUT2D eigenvalue weighted by molar-refractivity contribution is 14.0. The number of aromatic nitrogens is 2. The Morgan fingerprint density at radius 1 is 1.21 bits per heavy atom. The summed E-state index contributed by atoms with van der Waals surface area (Å²) in [4.78, 5) is 11.1. The molecule has 0 aliphatic carbocycles. The molecular weight excluding hydrogens is 461 g/mol. The molecule has 2 aromatic carbocycles. The molecule has 2 atom stereocenters. The van der Waals surface area contributed by atoms with Crippen molar-refractivity contribution in [3.63, 3.8) is 0 Å². The van der Waals surface area contributed by atoms with E-state index in [-0.39, 0.29) is 24.0 Å². The molecule has 6 heteroatoms. The lowest BCUT2D eigenvalue weighted by Gasteiger charge is -2.39. The van der Waals surface area contributed by atoms with Crippen molar-refractivity contribution in [3.8, 4) is 0 Å². The van der Waals surface area contributed by atoms with E-state index in [1.165, 1.54) is 16.3 Å². The third kappa shape index (κ3) is 4.48. The first-order valence-electron chi connectivity index (χ1n) is 9.65. The lowest BCUT2D eigenvalue weighted by Crippen LogP contribution is -2.48. The van der Waals surface area contributed by atoms with E-state index in [9.17, 15) is 0 Å². The van der Waals surface area contributed by atoms with Gasteiger partial charge in [-0.1, -0.05) is 43.3 Å². The highest BCUT2D eigenvalue weighted by Gasteiger charge is 2.28. The molecule has 1 aromatic heterocycles. The van der Waals surface area contributed by atoms with Crippen molar-refractivity contribution < 1.29 is 0 Å². The van der Waals surface area contributed by atoms with Crippen molar-refractivity contribution in [2.75, 3.05) is 20.1 Å². The van der Waals surface area contributed by atoms with Crippen LogP contribution in [0.15, 0.2) is 66.2 Å². The van der Waals surface area contributed by atoms with Gasteiger partial charge < -0.3 is 14.8 Å². The van der Waals surface area contributed by atoms with Crippen LogP contribution in [0, 0.1) is 5.92 Å². The van der Waals surface area contributed by atoms with E-state index >= 15 is 0 Å². The fraction of sp³-hybridized carbons (Fsp3) is 0.364. The quantitative estimate of drug-likeness (QED) is 0.339. The first-order valence-corrected chi connectivity index (χ1v) is 9.65. The smallest absolute Gasteiger partial charge is 0.193 e. The van der Waals surface area contributed by atoms with Crippen LogP contribution >= 0.6 is 24.0 Å². The van der Waals surface area contributed by atoms with Crippen LogP contribution in [0.1, 0.15) is 24.9 Å². The molecule has 2 heterocycles. The number of aliphatic imine (C=N–C) groups is 1. The van der Waals surface area contributed by atoms with E-state index in [2.05, 4.69) is 80.3 Å². The summed E-state index contributed by atoms with van der Waals surface area (Å²) in [5.41, 5.74) is 1.27. The summed E-state index contributed by atoms with van der Waals surface area (Å²) in [6.45, 7) is 5.09. The lowest BCUT2D eigenvalue weighted by atomic mass is 9.93. The van der Waals surface area contributed by atoms with Crippen LogP contribution in [0.25, 0.3) is 10.8 Å². The molecule has 1 fully saturated rings. The molecule has 1 aliphatic rings. The van der Waals surface area contributed by atoms with Gasteiger partial charge in [0.15, 0.2) is 5.96 Å². The van der Waals surface area contributed by atoms with E-state index in [1.54, 1.807) is 0 Å². The Morgan fingerprint density at radius 2 is 2.04 bits per heavy atom. The SMILES string of the molecule is CN=C(NCc1ccc2ccccc2c1)N1CCC(C)C(n2ccnc2)C1.I. The van der Waals surface area contributed by atoms with Crippen LogP contribution in [0.2, 0.25) is 0 Å². The summed E-state index contributed by atoms with van der Waals surface area (Å²) in [5.74, 6) is 1.61. The Morgan fingerprint density at radius 3 is 2.79 bits per heavy atom. The maximum absolute atomic E-state index is 4.54. The number of nitrogens with one attached hydrogen (secondary N) is 1. The second kappa shape index (κ2) is 9.41. The van der Waals surface area contributed by atoms with Gasteiger partial charge in [-0.15, -0.1) is 24.0 Å². The van der Waals surface area contributed by atoms with Gasteiger partial charge in [-0.2, -0.15) is 0 Å². The van der Waals surface area contributed by atoms with E-state index in [1.807, 2.05) is 19.6 Å². The standard InChI is InChI=1S/C22H27N5.HI/c1-17-9-11-26(15-21(17)27-12-10-24-16-27)22(23-2)25-14-18-7-8-19-5-3-4-6-20(19)13-18;/h3-8,10,12-13,16-17,21H,9,11,14-15H2,1-2H3,(H,23,25);1H. The number of hydrogen-bond acceptors (Lipinski definition) is 2. The molecule has 4 rings (SSSR count). The largest absolute Gasteiger partial charge is 0.352 e. The Labute approximate surface area is 183 Å². The van der Waals surface area contributed by atoms with Gasteiger partial charge in [0, 0.05) is 39.1 Å². The van der Waals surface area contributed by atoms with E-state index < -0.39 is 0 Å². The van der Waals surface area contributed by atoms with Crippen molar-refractivity contribution in [1.82, 2.24) is 19.8 Å². The molecule has 148 valence electrons. The zero-order valence-electron chi connectivity index (χ0n) is 16.5. The van der Waals surface area contributed by atoms with Gasteiger partial charge in [-0.25, -0.2) is 4.98 Å². The van der Waals surface area contributed by atoms with Crippen molar-refractivity contribution in [2.24, 2.45) is 10.9 Å². The Hall–Kier alpha value is -2.09. The minimum atomic E-state index is 0. The van der Waals surface area contributed by atoms with Crippen molar-refractivity contribution in [1.29, 1.82) is 0 Å². The number of rotatable bonds is 3. The summed E-state index contributed by atoms with van der Waals surface area (Å²) < 4.78 is 2.23. The monoisotopic (exact) mass is 489 g/mol. The molecule has 0 bridgehead atoms. The Kier molecular flexibility index (Phi) is 6.93. The fourth-order valence-electron chi connectivity index (χ4n) is 3.96. The minimum absolute atomic E-state index is 0. The number of fused-ring (bicyclic) bond motifs is 1. The predicted molar refractivity (Wildman–Crippen MR) is 126 cm³/mol. The van der Waals surface area contributed by atoms with Crippen LogP contribution in [-0.4, -0.2) is 40.5 Å². The summed E-state index contributed by atoms with van der Waals surface area (Å²) in [6, 6.07) is 15.5. The molecule has 0 spiro atoms. The zero-order chi connectivity index (χ0) is 18.6. The number of imidazole rings is 1. The number of piperidine rings is 1. The van der Waals surface area contributed by atoms with E-state index in [0.29, 0.717) is 12.0 Å². The van der Waals surface area contributed by atoms with Gasteiger partial charge in [0.2, 0.25) is 0 Å². The molecule has 0 amide bonds. The van der Waals surface area contributed by atoms with E-state index in [0.717, 1.165) is 32.0 Å². The Balaban J connectivity index is 0.00000225. The van der Waals surface area contributed by atoms with E-state index in [4.69, 9.17) is 0 Å². The van der Waals surface area contributed by atoms with Crippen LogP contribution in [0.5, 0.6) is 0 Å². The number of halogens is 1. The average molecular weight is 489 g/mol. The first kappa shape index (κ1) is 20.6. The van der Waals surface area contributed by atoms with Gasteiger partial charge >= 0.3 is 0 Å². The fourth-order valence-corrected chi connectivity index (χ4v) is 3.96. The van der Waals surface area contributed by atoms with Gasteiger partial charge in [0.05, 0.1) is 12.4 Å². The third-order valence-electron chi connectivity index (χ3n) is 5.60.